The van der Waals surface area contributed by atoms with Crippen LogP contribution in [0.1, 0.15) is 16.1 Å². The first-order chi connectivity index (χ1) is 12.0. The van der Waals surface area contributed by atoms with Gasteiger partial charge in [-0.3, -0.25) is 9.48 Å². The average Bonchev–Trinajstić information content (AvgIpc) is 3.23. The van der Waals surface area contributed by atoms with Crippen LogP contribution in [0.3, 0.4) is 0 Å². The molecule has 0 aliphatic rings. The van der Waals surface area contributed by atoms with Crippen molar-refractivity contribution in [3.63, 3.8) is 0 Å². The molecule has 2 aromatic heterocycles. The van der Waals surface area contributed by atoms with Gasteiger partial charge in [0.1, 0.15) is 12.1 Å². The van der Waals surface area contributed by atoms with Gasteiger partial charge in [0.2, 0.25) is 0 Å². The number of aryl methyl sites for hydroxylation is 2. The molecule has 0 saturated heterocycles. The number of anilines is 1. The molecule has 1 amide bonds. The fourth-order valence-electron chi connectivity index (χ4n) is 2.18. The highest BCUT2D eigenvalue weighted by atomic mass is 16.5. The number of ether oxygens (including phenoxy) is 1. The summed E-state index contributed by atoms with van der Waals surface area (Å²) in [6.07, 6.45) is 1.41. The van der Waals surface area contributed by atoms with E-state index in [0.29, 0.717) is 11.5 Å². The summed E-state index contributed by atoms with van der Waals surface area (Å²) in [6, 6.07) is 8.28. The standard InChI is InChI=1S/C15H15N7O3/c1-10-6-13(21(2)18-10)17-14(23)8-25-15(24)11-4-3-5-12(7-11)22-9-16-19-20-22/h3-7,9H,8H2,1-2H3,(H,17,23). The first kappa shape index (κ1) is 16.3. The number of benzene rings is 1. The normalized spacial score (nSPS) is 10.5. The Balaban J connectivity index is 1.60. The van der Waals surface area contributed by atoms with Crippen molar-refractivity contribution in [2.45, 2.75) is 6.92 Å². The second-order valence-corrected chi connectivity index (χ2v) is 5.22. The van der Waals surface area contributed by atoms with E-state index in [-0.39, 0.29) is 5.56 Å². The van der Waals surface area contributed by atoms with E-state index < -0.39 is 18.5 Å². The van der Waals surface area contributed by atoms with Gasteiger partial charge >= 0.3 is 5.97 Å². The highest BCUT2D eigenvalue weighted by Gasteiger charge is 2.13. The zero-order valence-corrected chi connectivity index (χ0v) is 13.6. The van der Waals surface area contributed by atoms with Gasteiger partial charge in [0.05, 0.1) is 16.9 Å². The van der Waals surface area contributed by atoms with Crippen LogP contribution in [0.15, 0.2) is 36.7 Å². The van der Waals surface area contributed by atoms with Gasteiger partial charge in [-0.2, -0.15) is 5.10 Å². The lowest BCUT2D eigenvalue weighted by molar-refractivity contribution is -0.119. The van der Waals surface area contributed by atoms with E-state index >= 15 is 0 Å². The van der Waals surface area contributed by atoms with Crippen LogP contribution in [0.4, 0.5) is 5.82 Å². The van der Waals surface area contributed by atoms with Crippen molar-refractivity contribution in [3.05, 3.63) is 47.9 Å². The number of tetrazole rings is 1. The van der Waals surface area contributed by atoms with Crippen molar-refractivity contribution < 1.29 is 14.3 Å². The lowest BCUT2D eigenvalue weighted by Gasteiger charge is -2.07. The molecule has 0 aliphatic heterocycles. The molecule has 0 unspecified atom stereocenters. The van der Waals surface area contributed by atoms with Crippen LogP contribution in [0.2, 0.25) is 0 Å². The Labute approximate surface area is 142 Å². The van der Waals surface area contributed by atoms with Crippen LogP contribution in [0.5, 0.6) is 0 Å². The summed E-state index contributed by atoms with van der Waals surface area (Å²) in [5.74, 6) is -0.543. The third-order valence-electron chi connectivity index (χ3n) is 3.30. The quantitative estimate of drug-likeness (QED) is 0.672. The molecule has 1 N–H and O–H groups in total. The Hall–Kier alpha value is -3.56. The second-order valence-electron chi connectivity index (χ2n) is 5.22. The molecule has 128 valence electrons. The van der Waals surface area contributed by atoms with Gasteiger partial charge in [-0.25, -0.2) is 9.48 Å². The highest BCUT2D eigenvalue weighted by molar-refractivity contribution is 5.95. The smallest absolute Gasteiger partial charge is 0.338 e. The fraction of sp³-hybridized carbons (Fsp3) is 0.200. The number of amides is 1. The number of nitrogens with zero attached hydrogens (tertiary/aromatic N) is 6. The molecule has 0 radical (unpaired) electrons. The molecule has 10 nitrogen and oxygen atoms in total. The van der Waals surface area contributed by atoms with Crippen LogP contribution < -0.4 is 5.32 Å². The van der Waals surface area contributed by atoms with Crippen LogP contribution in [0.25, 0.3) is 5.69 Å². The topological polar surface area (TPSA) is 117 Å². The summed E-state index contributed by atoms with van der Waals surface area (Å²) in [7, 11) is 1.71. The molecule has 0 atom stereocenters. The number of esters is 1. The Morgan fingerprint density at radius 1 is 1.28 bits per heavy atom. The minimum Gasteiger partial charge on any atom is -0.452 e. The zero-order chi connectivity index (χ0) is 17.8. The molecule has 10 heteroatoms. The number of carbonyl (C=O) groups is 2. The van der Waals surface area contributed by atoms with Gasteiger partial charge in [-0.15, -0.1) is 5.10 Å². The van der Waals surface area contributed by atoms with Crippen molar-refractivity contribution in [3.8, 4) is 5.69 Å². The third kappa shape index (κ3) is 3.86. The maximum atomic E-state index is 12.1. The first-order valence-electron chi connectivity index (χ1n) is 7.34. The Kier molecular flexibility index (Phi) is 4.50. The molecule has 2 heterocycles. The molecule has 0 spiro atoms. The van der Waals surface area contributed by atoms with Gasteiger partial charge in [-0.1, -0.05) is 6.07 Å². The molecule has 0 aliphatic carbocycles. The molecular weight excluding hydrogens is 326 g/mol. The summed E-state index contributed by atoms with van der Waals surface area (Å²) < 4.78 is 7.98. The number of hydrogen-bond acceptors (Lipinski definition) is 7. The second kappa shape index (κ2) is 6.91. The third-order valence-corrected chi connectivity index (χ3v) is 3.30. The highest BCUT2D eigenvalue weighted by Crippen LogP contribution is 2.11. The Morgan fingerprint density at radius 2 is 2.12 bits per heavy atom. The number of hydrogen-bond donors (Lipinski definition) is 1. The minimum absolute atomic E-state index is 0.289. The monoisotopic (exact) mass is 341 g/mol. The van der Waals surface area contributed by atoms with Crippen molar-refractivity contribution in [2.24, 2.45) is 7.05 Å². The zero-order valence-electron chi connectivity index (χ0n) is 13.6. The van der Waals surface area contributed by atoms with E-state index in [1.165, 1.54) is 15.7 Å². The van der Waals surface area contributed by atoms with E-state index in [4.69, 9.17) is 4.74 Å². The van der Waals surface area contributed by atoms with Crippen molar-refractivity contribution in [2.75, 3.05) is 11.9 Å². The van der Waals surface area contributed by atoms with Gasteiger partial charge in [-0.05, 0) is 35.5 Å². The van der Waals surface area contributed by atoms with Crippen LogP contribution in [-0.2, 0) is 16.6 Å². The Bertz CT molecular complexity index is 902. The molecular formula is C15H15N7O3. The largest absolute Gasteiger partial charge is 0.452 e. The van der Waals surface area contributed by atoms with Crippen LogP contribution in [-0.4, -0.2) is 48.5 Å². The van der Waals surface area contributed by atoms with E-state index in [2.05, 4.69) is 25.9 Å². The summed E-state index contributed by atoms with van der Waals surface area (Å²) in [5, 5.41) is 17.6. The lowest BCUT2D eigenvalue weighted by atomic mass is 10.2. The molecule has 0 bridgehead atoms. The van der Waals surface area contributed by atoms with Gasteiger partial charge < -0.3 is 10.1 Å². The van der Waals surface area contributed by atoms with Gasteiger partial charge in [0, 0.05) is 13.1 Å². The maximum Gasteiger partial charge on any atom is 0.338 e. The first-order valence-corrected chi connectivity index (χ1v) is 7.34. The van der Waals surface area contributed by atoms with E-state index in [1.807, 2.05) is 6.92 Å². The van der Waals surface area contributed by atoms with Crippen molar-refractivity contribution in [1.29, 1.82) is 0 Å². The number of rotatable bonds is 5. The molecule has 0 fully saturated rings. The Morgan fingerprint density at radius 3 is 2.80 bits per heavy atom. The number of nitrogens with one attached hydrogen (secondary N) is 1. The van der Waals surface area contributed by atoms with Crippen LogP contribution >= 0.6 is 0 Å². The van der Waals surface area contributed by atoms with E-state index in [0.717, 1.165) is 5.69 Å². The van der Waals surface area contributed by atoms with Crippen molar-refractivity contribution >= 4 is 17.7 Å². The molecule has 1 aromatic carbocycles. The maximum absolute atomic E-state index is 12.1. The van der Waals surface area contributed by atoms with E-state index in [9.17, 15) is 9.59 Å². The fourth-order valence-corrected chi connectivity index (χ4v) is 2.18. The van der Waals surface area contributed by atoms with Gasteiger partial charge in [0.25, 0.3) is 5.91 Å². The van der Waals surface area contributed by atoms with E-state index in [1.54, 1.807) is 37.4 Å². The predicted octanol–water partition coefficient (Wildman–Crippen LogP) is 0.500. The summed E-state index contributed by atoms with van der Waals surface area (Å²) in [5.41, 5.74) is 1.67. The molecule has 25 heavy (non-hydrogen) atoms. The minimum atomic E-state index is -0.619. The molecule has 3 aromatic rings. The lowest BCUT2D eigenvalue weighted by Crippen LogP contribution is -2.22. The van der Waals surface area contributed by atoms with Gasteiger partial charge in [0.15, 0.2) is 6.61 Å². The summed E-state index contributed by atoms with van der Waals surface area (Å²) in [4.78, 5) is 24.0. The molecule has 3 rings (SSSR count). The predicted molar refractivity (Wildman–Crippen MR) is 86.0 cm³/mol. The number of aromatic nitrogens is 6. The van der Waals surface area contributed by atoms with Crippen LogP contribution in [0, 0.1) is 6.92 Å². The molecule has 0 saturated carbocycles. The SMILES string of the molecule is Cc1cc(NC(=O)COC(=O)c2cccc(-n3cnnn3)c2)n(C)n1. The average molecular weight is 341 g/mol. The summed E-state index contributed by atoms with van der Waals surface area (Å²) >= 11 is 0. The summed E-state index contributed by atoms with van der Waals surface area (Å²) in [6.45, 7) is 1.41. The van der Waals surface area contributed by atoms with Crippen molar-refractivity contribution in [1.82, 2.24) is 30.0 Å². The number of carbonyl (C=O) groups excluding carboxylic acids is 2.